The number of rotatable bonds is 3. The number of aliphatic hydroxyl groups is 1. The molecule has 0 aromatic rings. The van der Waals surface area contributed by atoms with Gasteiger partial charge >= 0.3 is 5.97 Å². The quantitative estimate of drug-likeness (QED) is 0.595. The van der Waals surface area contributed by atoms with Crippen LogP contribution in [0.4, 0.5) is 0 Å². The molecule has 4 aliphatic rings. The van der Waals surface area contributed by atoms with E-state index in [2.05, 4.69) is 13.0 Å². The van der Waals surface area contributed by atoms with Gasteiger partial charge in [0, 0.05) is 24.2 Å². The second kappa shape index (κ2) is 6.38. The summed E-state index contributed by atoms with van der Waals surface area (Å²) < 4.78 is 4.91. The summed E-state index contributed by atoms with van der Waals surface area (Å²) in [7, 11) is 0. The summed E-state index contributed by atoms with van der Waals surface area (Å²) >= 11 is 0. The van der Waals surface area contributed by atoms with Gasteiger partial charge in [0.1, 0.15) is 5.60 Å². The minimum absolute atomic E-state index is 0.0549. The van der Waals surface area contributed by atoms with E-state index >= 15 is 0 Å². The first kappa shape index (κ1) is 19.6. The molecule has 0 aliphatic heterocycles. The molecule has 2 fully saturated rings. The second-order valence-corrected chi connectivity index (χ2v) is 9.60. The Labute approximate surface area is 166 Å². The van der Waals surface area contributed by atoms with Crippen molar-refractivity contribution in [2.24, 2.45) is 22.7 Å². The number of esters is 1. The van der Waals surface area contributed by atoms with Crippen molar-refractivity contribution < 1.29 is 24.2 Å². The molecule has 4 aliphatic carbocycles. The minimum Gasteiger partial charge on any atom is -0.458 e. The van der Waals surface area contributed by atoms with Crippen LogP contribution in [0.2, 0.25) is 0 Å². The van der Waals surface area contributed by atoms with E-state index in [0.717, 1.165) is 25.7 Å². The summed E-state index contributed by atoms with van der Waals surface area (Å²) in [5.74, 6) is -0.0813. The van der Waals surface area contributed by atoms with E-state index in [9.17, 15) is 19.5 Å². The number of carbonyl (C=O) groups is 3. The average molecular weight is 386 g/mol. The van der Waals surface area contributed by atoms with Crippen molar-refractivity contribution in [2.45, 2.75) is 71.3 Å². The van der Waals surface area contributed by atoms with Gasteiger partial charge in [0.2, 0.25) is 5.78 Å². The predicted octanol–water partition coefficient (Wildman–Crippen LogP) is 3.30. The molecule has 0 saturated heterocycles. The Morgan fingerprint density at radius 2 is 1.96 bits per heavy atom. The number of hydrogen-bond acceptors (Lipinski definition) is 5. The van der Waals surface area contributed by atoms with E-state index < -0.39 is 17.0 Å². The highest BCUT2D eigenvalue weighted by molar-refractivity contribution is 5.92. The number of allylic oxidation sites excluding steroid dienone is 4. The first-order valence-corrected chi connectivity index (χ1v) is 10.5. The number of fused-ring (bicyclic) bond motifs is 5. The molecule has 2 saturated carbocycles. The van der Waals surface area contributed by atoms with Gasteiger partial charge < -0.3 is 9.84 Å². The van der Waals surface area contributed by atoms with E-state index in [1.165, 1.54) is 18.1 Å². The molecular formula is C23H30O5. The molecule has 0 radical (unpaired) electrons. The summed E-state index contributed by atoms with van der Waals surface area (Å²) in [6.07, 6.45) is 9.31. The Balaban J connectivity index is 1.66. The molecule has 5 nitrogen and oxygen atoms in total. The summed E-state index contributed by atoms with van der Waals surface area (Å²) in [5, 5.41) is 11.4. The molecule has 0 unspecified atom stereocenters. The third-order valence-corrected chi connectivity index (χ3v) is 8.36. The number of ether oxygens (including phenoxy) is 1. The molecule has 1 N–H and O–H groups in total. The third kappa shape index (κ3) is 2.58. The van der Waals surface area contributed by atoms with Crippen LogP contribution in [-0.2, 0) is 19.1 Å². The molecule has 5 heteroatoms. The molecule has 4 rings (SSSR count). The van der Waals surface area contributed by atoms with Crippen LogP contribution in [0.3, 0.4) is 0 Å². The second-order valence-electron chi connectivity index (χ2n) is 9.60. The van der Waals surface area contributed by atoms with Crippen LogP contribution >= 0.6 is 0 Å². The lowest BCUT2D eigenvalue weighted by atomic mass is 9.50. The average Bonchev–Trinajstić information content (AvgIpc) is 2.92. The Bertz CT molecular complexity index is 808. The van der Waals surface area contributed by atoms with Crippen LogP contribution in [0.5, 0.6) is 0 Å². The van der Waals surface area contributed by atoms with Gasteiger partial charge in [0.05, 0.1) is 0 Å². The maximum Gasteiger partial charge on any atom is 0.303 e. The van der Waals surface area contributed by atoms with Crippen LogP contribution in [0.1, 0.15) is 65.7 Å². The zero-order valence-corrected chi connectivity index (χ0v) is 17.0. The van der Waals surface area contributed by atoms with Crippen molar-refractivity contribution in [1.82, 2.24) is 0 Å². The smallest absolute Gasteiger partial charge is 0.303 e. The van der Waals surface area contributed by atoms with Crippen molar-refractivity contribution in [3.05, 3.63) is 23.3 Å². The normalized spacial score (nSPS) is 41.9. The van der Waals surface area contributed by atoms with Gasteiger partial charge in [-0.1, -0.05) is 31.1 Å². The van der Waals surface area contributed by atoms with Gasteiger partial charge in [-0.2, -0.15) is 0 Å². The Morgan fingerprint density at radius 1 is 1.21 bits per heavy atom. The summed E-state index contributed by atoms with van der Waals surface area (Å²) in [5.41, 5.74) is 0.626. The molecule has 0 spiro atoms. The number of carbonyl (C=O) groups excluding carboxylic acids is 3. The van der Waals surface area contributed by atoms with E-state index in [0.29, 0.717) is 25.2 Å². The first-order valence-electron chi connectivity index (χ1n) is 10.5. The van der Waals surface area contributed by atoms with Gasteiger partial charge in [-0.25, -0.2) is 0 Å². The lowest BCUT2D eigenvalue weighted by molar-refractivity contribution is -0.162. The third-order valence-electron chi connectivity index (χ3n) is 8.36. The number of ketones is 2. The van der Waals surface area contributed by atoms with Crippen molar-refractivity contribution in [3.63, 3.8) is 0 Å². The van der Waals surface area contributed by atoms with Crippen molar-refractivity contribution in [1.29, 1.82) is 0 Å². The fraction of sp³-hybridized carbons (Fsp3) is 0.696. The Kier molecular flexibility index (Phi) is 4.46. The van der Waals surface area contributed by atoms with Crippen LogP contribution in [0.15, 0.2) is 23.3 Å². The topological polar surface area (TPSA) is 80.7 Å². The minimum atomic E-state index is -1.45. The van der Waals surface area contributed by atoms with Crippen LogP contribution in [0.25, 0.3) is 0 Å². The highest BCUT2D eigenvalue weighted by atomic mass is 16.5. The number of hydrogen-bond donors (Lipinski definition) is 1. The maximum absolute atomic E-state index is 12.8. The standard InChI is InChI=1S/C23H30O5/c1-14(24)28-13-20(26)23(27)11-8-19-17-5-4-15-12-16(25)6-9-21(15,2)18(17)7-10-22(19,23)3/h7,12,17,19,27H,4-6,8-11,13H2,1-3H3/t17-,19+,21-,22+,23-/m1/s1. The van der Waals surface area contributed by atoms with Crippen LogP contribution in [-0.4, -0.2) is 34.9 Å². The molecule has 0 aromatic heterocycles. The fourth-order valence-electron chi connectivity index (χ4n) is 6.61. The summed E-state index contributed by atoms with van der Waals surface area (Å²) in [6.45, 7) is 5.21. The van der Waals surface area contributed by atoms with Gasteiger partial charge in [-0.3, -0.25) is 14.4 Å². The van der Waals surface area contributed by atoms with Gasteiger partial charge in [-0.05, 0) is 56.4 Å². The molecule has 5 atom stereocenters. The summed E-state index contributed by atoms with van der Waals surface area (Å²) in [6, 6.07) is 0. The van der Waals surface area contributed by atoms with E-state index in [4.69, 9.17) is 4.74 Å². The lowest BCUT2D eigenvalue weighted by Gasteiger charge is -2.54. The maximum atomic E-state index is 12.8. The molecule has 0 bridgehead atoms. The largest absolute Gasteiger partial charge is 0.458 e. The van der Waals surface area contributed by atoms with Gasteiger partial charge in [0.15, 0.2) is 12.4 Å². The lowest BCUT2D eigenvalue weighted by Crippen LogP contribution is -2.55. The Hall–Kier alpha value is -1.75. The first-order chi connectivity index (χ1) is 13.1. The number of Topliss-reactive ketones (excluding diaryl/α,β-unsaturated/α-hetero) is 1. The van der Waals surface area contributed by atoms with Crippen molar-refractivity contribution >= 4 is 17.5 Å². The zero-order chi connectivity index (χ0) is 20.3. The zero-order valence-electron chi connectivity index (χ0n) is 17.0. The van der Waals surface area contributed by atoms with E-state index in [1.807, 2.05) is 13.0 Å². The van der Waals surface area contributed by atoms with Crippen LogP contribution < -0.4 is 0 Å². The van der Waals surface area contributed by atoms with E-state index in [-0.39, 0.29) is 29.5 Å². The molecule has 0 amide bonds. The molecule has 28 heavy (non-hydrogen) atoms. The van der Waals surface area contributed by atoms with E-state index in [1.54, 1.807) is 0 Å². The molecular weight excluding hydrogens is 356 g/mol. The Morgan fingerprint density at radius 3 is 2.68 bits per heavy atom. The fourth-order valence-corrected chi connectivity index (χ4v) is 6.61. The van der Waals surface area contributed by atoms with Gasteiger partial charge in [-0.15, -0.1) is 0 Å². The summed E-state index contributed by atoms with van der Waals surface area (Å²) in [4.78, 5) is 35.9. The van der Waals surface area contributed by atoms with Crippen molar-refractivity contribution in [2.75, 3.05) is 6.61 Å². The highest BCUT2D eigenvalue weighted by Gasteiger charge is 2.64. The molecule has 0 aromatic carbocycles. The SMILES string of the molecule is CC(=O)OCC(=O)[C@]1(O)CC[C@H]2[C@@H]3CCC4=CC(=O)CC[C@@]4(C)C3=CC[C@@]21C. The van der Waals surface area contributed by atoms with Gasteiger partial charge in [0.25, 0.3) is 0 Å². The van der Waals surface area contributed by atoms with Crippen molar-refractivity contribution in [3.8, 4) is 0 Å². The predicted molar refractivity (Wildman–Crippen MR) is 103 cm³/mol. The monoisotopic (exact) mass is 386 g/mol. The van der Waals surface area contributed by atoms with Crippen LogP contribution in [0, 0.1) is 22.7 Å². The highest BCUT2D eigenvalue weighted by Crippen LogP contribution is 2.65. The molecule has 0 heterocycles. The molecule has 152 valence electrons.